The first-order valence-electron chi connectivity index (χ1n) is 6.53. The number of benzene rings is 2. The van der Waals surface area contributed by atoms with Gasteiger partial charge in [-0.1, -0.05) is 23.7 Å². The molecule has 1 unspecified atom stereocenters. The van der Waals surface area contributed by atoms with Crippen LogP contribution in [0.1, 0.15) is 24.1 Å². The van der Waals surface area contributed by atoms with Gasteiger partial charge in [0.1, 0.15) is 0 Å². The van der Waals surface area contributed by atoms with E-state index in [-0.39, 0.29) is 12.8 Å². The molecular formula is C16H13ClN2O2. The molecule has 4 nitrogen and oxygen atoms in total. The predicted octanol–water partition coefficient (Wildman–Crippen LogP) is 4.11. The van der Waals surface area contributed by atoms with Crippen LogP contribution in [0.25, 0.3) is 0 Å². The fourth-order valence-corrected chi connectivity index (χ4v) is 2.40. The molecule has 0 aliphatic carbocycles. The molecule has 106 valence electrons. The summed E-state index contributed by atoms with van der Waals surface area (Å²) >= 11 is 6.25. The molecule has 5 heteroatoms. The van der Waals surface area contributed by atoms with Gasteiger partial charge in [-0.3, -0.25) is 0 Å². The number of halogens is 1. The van der Waals surface area contributed by atoms with E-state index in [4.69, 9.17) is 26.3 Å². The Morgan fingerprint density at radius 1 is 1.19 bits per heavy atom. The van der Waals surface area contributed by atoms with Crippen molar-refractivity contribution < 1.29 is 9.47 Å². The highest BCUT2D eigenvalue weighted by molar-refractivity contribution is 6.33. The summed E-state index contributed by atoms with van der Waals surface area (Å²) in [5.41, 5.74) is 2.51. The monoisotopic (exact) mass is 300 g/mol. The van der Waals surface area contributed by atoms with Gasteiger partial charge in [-0.25, -0.2) is 0 Å². The van der Waals surface area contributed by atoms with Crippen LogP contribution < -0.4 is 14.8 Å². The minimum atomic E-state index is 0.0515. The molecule has 1 atom stereocenters. The zero-order valence-corrected chi connectivity index (χ0v) is 12.1. The topological polar surface area (TPSA) is 54.3 Å². The first kappa shape index (κ1) is 13.6. The van der Waals surface area contributed by atoms with Crippen LogP contribution in [-0.2, 0) is 0 Å². The Labute approximate surface area is 127 Å². The van der Waals surface area contributed by atoms with E-state index in [0.717, 1.165) is 11.3 Å². The summed E-state index contributed by atoms with van der Waals surface area (Å²) in [6.45, 7) is 2.25. The molecule has 0 radical (unpaired) electrons. The first-order chi connectivity index (χ1) is 10.2. The van der Waals surface area contributed by atoms with Crippen molar-refractivity contribution in [2.24, 2.45) is 0 Å². The standard InChI is InChI=1S/C16H13ClN2O2/c1-10(12-4-2-11(8-18)3-5-12)19-14-7-16-15(6-13(14)17)20-9-21-16/h2-7,10,19H,9H2,1H3. The predicted molar refractivity (Wildman–Crippen MR) is 80.8 cm³/mol. The fraction of sp³-hybridized carbons (Fsp3) is 0.188. The van der Waals surface area contributed by atoms with E-state index in [2.05, 4.69) is 11.4 Å². The highest BCUT2D eigenvalue weighted by atomic mass is 35.5. The molecule has 21 heavy (non-hydrogen) atoms. The Morgan fingerprint density at radius 2 is 1.86 bits per heavy atom. The third-order valence-electron chi connectivity index (χ3n) is 3.37. The maximum atomic E-state index is 8.82. The van der Waals surface area contributed by atoms with Gasteiger partial charge in [0.15, 0.2) is 11.5 Å². The molecule has 0 bridgehead atoms. The lowest BCUT2D eigenvalue weighted by Gasteiger charge is -2.17. The van der Waals surface area contributed by atoms with Crippen molar-refractivity contribution in [2.75, 3.05) is 12.1 Å². The first-order valence-corrected chi connectivity index (χ1v) is 6.91. The third-order valence-corrected chi connectivity index (χ3v) is 3.69. The maximum Gasteiger partial charge on any atom is 0.231 e. The van der Waals surface area contributed by atoms with Crippen LogP contribution in [0.15, 0.2) is 36.4 Å². The molecule has 3 rings (SSSR count). The number of hydrogen-bond donors (Lipinski definition) is 1. The Kier molecular flexibility index (Phi) is 3.59. The molecular weight excluding hydrogens is 288 g/mol. The highest BCUT2D eigenvalue weighted by Crippen LogP contribution is 2.40. The lowest BCUT2D eigenvalue weighted by molar-refractivity contribution is 0.174. The number of nitrogens with one attached hydrogen (secondary N) is 1. The maximum absolute atomic E-state index is 8.82. The van der Waals surface area contributed by atoms with E-state index < -0.39 is 0 Å². The van der Waals surface area contributed by atoms with Gasteiger partial charge >= 0.3 is 0 Å². The lowest BCUT2D eigenvalue weighted by Crippen LogP contribution is -2.07. The second-order valence-electron chi connectivity index (χ2n) is 4.79. The summed E-state index contributed by atoms with van der Waals surface area (Å²) in [6.07, 6.45) is 0. The van der Waals surface area contributed by atoms with Gasteiger partial charge in [0.05, 0.1) is 22.3 Å². The van der Waals surface area contributed by atoms with Gasteiger partial charge in [-0.15, -0.1) is 0 Å². The van der Waals surface area contributed by atoms with Gasteiger partial charge in [0, 0.05) is 18.2 Å². The third kappa shape index (κ3) is 2.74. The van der Waals surface area contributed by atoms with E-state index >= 15 is 0 Å². The van der Waals surface area contributed by atoms with Crippen LogP contribution in [0.2, 0.25) is 5.02 Å². The Bertz CT molecular complexity index is 707. The molecule has 2 aromatic carbocycles. The van der Waals surface area contributed by atoms with Crippen LogP contribution in [0, 0.1) is 11.3 Å². The zero-order chi connectivity index (χ0) is 14.8. The van der Waals surface area contributed by atoms with E-state index in [0.29, 0.717) is 22.1 Å². The van der Waals surface area contributed by atoms with Gasteiger partial charge < -0.3 is 14.8 Å². The van der Waals surface area contributed by atoms with Crippen LogP contribution in [-0.4, -0.2) is 6.79 Å². The summed E-state index contributed by atoms with van der Waals surface area (Å²) in [7, 11) is 0. The number of rotatable bonds is 3. The summed E-state index contributed by atoms with van der Waals surface area (Å²) in [6, 6.07) is 13.2. The SMILES string of the molecule is CC(Nc1cc2c(cc1Cl)OCO2)c1ccc(C#N)cc1. The minimum Gasteiger partial charge on any atom is -0.454 e. The molecule has 2 aromatic rings. The van der Waals surface area contributed by atoms with Crippen LogP contribution in [0.5, 0.6) is 11.5 Å². The van der Waals surface area contributed by atoms with Crippen molar-refractivity contribution >= 4 is 17.3 Å². The molecule has 1 aliphatic heterocycles. The number of anilines is 1. The minimum absolute atomic E-state index is 0.0515. The van der Waals surface area contributed by atoms with E-state index in [9.17, 15) is 0 Å². The molecule has 1 N–H and O–H groups in total. The quantitative estimate of drug-likeness (QED) is 0.926. The number of fused-ring (bicyclic) bond motifs is 1. The summed E-state index contributed by atoms with van der Waals surface area (Å²) in [4.78, 5) is 0. The Balaban J connectivity index is 1.81. The van der Waals surface area contributed by atoms with Crippen LogP contribution in [0.3, 0.4) is 0 Å². The molecule has 1 heterocycles. The zero-order valence-electron chi connectivity index (χ0n) is 11.4. The van der Waals surface area contributed by atoms with Crippen molar-refractivity contribution in [3.63, 3.8) is 0 Å². The van der Waals surface area contributed by atoms with E-state index in [1.165, 1.54) is 0 Å². The molecule has 0 saturated heterocycles. The van der Waals surface area contributed by atoms with Gasteiger partial charge in [0.25, 0.3) is 0 Å². The molecule has 0 amide bonds. The largest absolute Gasteiger partial charge is 0.454 e. The highest BCUT2D eigenvalue weighted by Gasteiger charge is 2.17. The van der Waals surface area contributed by atoms with E-state index in [1.807, 2.05) is 25.1 Å². The molecule has 0 saturated carbocycles. The average molecular weight is 301 g/mol. The molecule has 1 aliphatic rings. The van der Waals surface area contributed by atoms with Crippen molar-refractivity contribution in [3.8, 4) is 17.6 Å². The average Bonchev–Trinajstić information content (AvgIpc) is 2.94. The number of nitriles is 1. The van der Waals surface area contributed by atoms with Gasteiger partial charge in [-0.05, 0) is 24.6 Å². The number of hydrogen-bond acceptors (Lipinski definition) is 4. The normalized spacial score (nSPS) is 13.6. The van der Waals surface area contributed by atoms with Crippen molar-refractivity contribution in [1.82, 2.24) is 0 Å². The smallest absolute Gasteiger partial charge is 0.231 e. The fourth-order valence-electron chi connectivity index (χ4n) is 2.19. The van der Waals surface area contributed by atoms with Crippen molar-refractivity contribution in [2.45, 2.75) is 13.0 Å². The molecule has 0 fully saturated rings. The second-order valence-corrected chi connectivity index (χ2v) is 5.19. The molecule has 0 spiro atoms. The van der Waals surface area contributed by atoms with Crippen molar-refractivity contribution in [3.05, 3.63) is 52.5 Å². The van der Waals surface area contributed by atoms with Crippen molar-refractivity contribution in [1.29, 1.82) is 5.26 Å². The summed E-state index contributed by atoms with van der Waals surface area (Å²) < 4.78 is 10.6. The van der Waals surface area contributed by atoms with Gasteiger partial charge in [-0.2, -0.15) is 5.26 Å². The number of nitrogens with zero attached hydrogens (tertiary/aromatic N) is 1. The van der Waals surface area contributed by atoms with Crippen LogP contribution >= 0.6 is 11.6 Å². The second kappa shape index (κ2) is 5.55. The van der Waals surface area contributed by atoms with E-state index in [1.54, 1.807) is 18.2 Å². The Hall–Kier alpha value is -2.38. The lowest BCUT2D eigenvalue weighted by atomic mass is 10.1. The van der Waals surface area contributed by atoms with Crippen LogP contribution in [0.4, 0.5) is 5.69 Å². The molecule has 0 aromatic heterocycles. The number of ether oxygens (including phenoxy) is 2. The summed E-state index contributed by atoms with van der Waals surface area (Å²) in [5, 5.41) is 12.7. The Morgan fingerprint density at radius 3 is 2.52 bits per heavy atom. The summed E-state index contributed by atoms with van der Waals surface area (Å²) in [5.74, 6) is 1.35. The van der Waals surface area contributed by atoms with Gasteiger partial charge in [0.2, 0.25) is 6.79 Å².